The van der Waals surface area contributed by atoms with Crippen LogP contribution >= 0.6 is 0 Å². The van der Waals surface area contributed by atoms with Crippen LogP contribution in [0.4, 0.5) is 17.5 Å². The van der Waals surface area contributed by atoms with Gasteiger partial charge in [-0.3, -0.25) is 4.68 Å². The van der Waals surface area contributed by atoms with Gasteiger partial charge in [-0.05, 0) is 38.1 Å². The predicted molar refractivity (Wildman–Crippen MR) is 105 cm³/mol. The summed E-state index contributed by atoms with van der Waals surface area (Å²) in [6, 6.07) is 7.75. The second-order valence-corrected chi connectivity index (χ2v) is 6.89. The number of nitrogens with zero attached hydrogens (tertiary/aromatic N) is 5. The molecule has 2 aromatic heterocycles. The van der Waals surface area contributed by atoms with Gasteiger partial charge in [0.2, 0.25) is 5.95 Å². The molecule has 27 heavy (non-hydrogen) atoms. The van der Waals surface area contributed by atoms with Crippen molar-refractivity contribution in [1.29, 1.82) is 0 Å². The number of rotatable bonds is 4. The summed E-state index contributed by atoms with van der Waals surface area (Å²) < 4.78 is 12.8. The Morgan fingerprint density at radius 1 is 1.11 bits per heavy atom. The lowest BCUT2D eigenvalue weighted by molar-refractivity contribution is -0.00569. The van der Waals surface area contributed by atoms with Crippen LogP contribution < -0.4 is 15.0 Å². The summed E-state index contributed by atoms with van der Waals surface area (Å²) in [5.41, 5.74) is 1.72. The zero-order valence-corrected chi connectivity index (χ0v) is 16.0. The molecule has 0 amide bonds. The van der Waals surface area contributed by atoms with Gasteiger partial charge in [-0.25, -0.2) is 0 Å². The third kappa shape index (κ3) is 3.52. The van der Waals surface area contributed by atoms with E-state index in [1.807, 2.05) is 31.3 Å². The molecule has 0 radical (unpaired) electrons. The Balaban J connectivity index is 1.72. The van der Waals surface area contributed by atoms with Crippen molar-refractivity contribution in [3.05, 3.63) is 30.5 Å². The second-order valence-electron chi connectivity index (χ2n) is 6.89. The van der Waals surface area contributed by atoms with E-state index in [1.54, 1.807) is 18.0 Å². The lowest BCUT2D eigenvalue weighted by Gasteiger charge is -2.35. The Morgan fingerprint density at radius 2 is 1.81 bits per heavy atom. The largest absolute Gasteiger partial charge is 0.497 e. The first-order valence-electron chi connectivity index (χ1n) is 9.04. The number of aryl methyl sites for hydroxylation is 1. The number of aromatic nitrogens is 4. The molecule has 1 aliphatic heterocycles. The number of hydrogen-bond donors (Lipinski definition) is 1. The lowest BCUT2D eigenvalue weighted by atomic mass is 10.2. The van der Waals surface area contributed by atoms with Crippen LogP contribution in [0.15, 0.2) is 30.5 Å². The molecule has 1 aliphatic rings. The number of methoxy groups -OCH3 is 1. The van der Waals surface area contributed by atoms with Crippen molar-refractivity contribution in [3.63, 3.8) is 0 Å². The van der Waals surface area contributed by atoms with Crippen LogP contribution in [0.25, 0.3) is 11.0 Å². The van der Waals surface area contributed by atoms with Gasteiger partial charge in [-0.15, -0.1) is 0 Å². The summed E-state index contributed by atoms with van der Waals surface area (Å²) >= 11 is 0. The molecule has 0 bridgehead atoms. The fraction of sp³-hybridized carbons (Fsp3) is 0.421. The second kappa shape index (κ2) is 7.03. The minimum Gasteiger partial charge on any atom is -0.497 e. The van der Waals surface area contributed by atoms with Crippen LogP contribution in [0, 0.1) is 0 Å². The summed E-state index contributed by atoms with van der Waals surface area (Å²) in [5, 5.41) is 8.63. The number of nitrogens with one attached hydrogen (secondary N) is 1. The fourth-order valence-corrected chi connectivity index (χ4v) is 3.40. The first-order valence-corrected chi connectivity index (χ1v) is 9.04. The molecule has 1 N–H and O–H groups in total. The topological polar surface area (TPSA) is 77.3 Å². The van der Waals surface area contributed by atoms with Crippen molar-refractivity contribution in [2.75, 3.05) is 30.4 Å². The number of hydrogen-bond acceptors (Lipinski definition) is 7. The summed E-state index contributed by atoms with van der Waals surface area (Å²) in [7, 11) is 3.55. The molecule has 8 heteroatoms. The van der Waals surface area contributed by atoms with Crippen LogP contribution in [0.3, 0.4) is 0 Å². The van der Waals surface area contributed by atoms with E-state index in [4.69, 9.17) is 19.4 Å². The highest BCUT2D eigenvalue weighted by Crippen LogP contribution is 2.28. The standard InChI is InChI=1S/C19H24N6O2/c1-12-10-25(11-13(2)27-12)19-22-17(16-9-20-24(3)18(16)23-19)21-14-5-7-15(26-4)8-6-14/h5-9,12-13H,10-11H2,1-4H3,(H,21,22,23). The van der Waals surface area contributed by atoms with E-state index < -0.39 is 0 Å². The minimum atomic E-state index is 0.137. The van der Waals surface area contributed by atoms with Crippen LogP contribution in [-0.4, -0.2) is 52.2 Å². The molecule has 1 saturated heterocycles. The van der Waals surface area contributed by atoms with Crippen molar-refractivity contribution < 1.29 is 9.47 Å². The quantitative estimate of drug-likeness (QED) is 0.759. The van der Waals surface area contributed by atoms with E-state index in [1.165, 1.54) is 0 Å². The fourth-order valence-electron chi connectivity index (χ4n) is 3.40. The molecule has 0 spiro atoms. The highest BCUT2D eigenvalue weighted by molar-refractivity contribution is 5.89. The molecule has 0 saturated carbocycles. The maximum Gasteiger partial charge on any atom is 0.229 e. The Morgan fingerprint density at radius 3 is 2.48 bits per heavy atom. The maximum atomic E-state index is 5.84. The van der Waals surface area contributed by atoms with E-state index in [-0.39, 0.29) is 12.2 Å². The van der Waals surface area contributed by atoms with Crippen LogP contribution in [0.2, 0.25) is 0 Å². The molecular weight excluding hydrogens is 344 g/mol. The number of anilines is 3. The highest BCUT2D eigenvalue weighted by Gasteiger charge is 2.25. The molecule has 2 atom stereocenters. The van der Waals surface area contributed by atoms with Gasteiger partial charge in [0.25, 0.3) is 0 Å². The van der Waals surface area contributed by atoms with Gasteiger partial charge in [0, 0.05) is 25.8 Å². The normalized spacial score (nSPS) is 20.1. The lowest BCUT2D eigenvalue weighted by Crippen LogP contribution is -2.46. The van der Waals surface area contributed by atoms with Crippen LogP contribution in [-0.2, 0) is 11.8 Å². The molecule has 1 aromatic carbocycles. The average Bonchev–Trinajstić information content (AvgIpc) is 3.03. The van der Waals surface area contributed by atoms with Crippen molar-refractivity contribution in [2.45, 2.75) is 26.1 Å². The monoisotopic (exact) mass is 368 g/mol. The van der Waals surface area contributed by atoms with E-state index in [0.717, 1.165) is 41.4 Å². The van der Waals surface area contributed by atoms with Crippen LogP contribution in [0.5, 0.6) is 5.75 Å². The van der Waals surface area contributed by atoms with Gasteiger partial charge in [0.05, 0.1) is 30.9 Å². The van der Waals surface area contributed by atoms with E-state index in [0.29, 0.717) is 5.95 Å². The molecular formula is C19H24N6O2. The first-order chi connectivity index (χ1) is 13.0. The molecule has 2 unspecified atom stereocenters. The SMILES string of the molecule is COc1ccc(Nc2nc(N3CC(C)OC(C)C3)nc3c2cnn3C)cc1. The molecule has 3 heterocycles. The predicted octanol–water partition coefficient (Wildman–Crippen LogP) is 2.73. The van der Waals surface area contributed by atoms with Crippen molar-refractivity contribution >= 4 is 28.5 Å². The zero-order valence-electron chi connectivity index (χ0n) is 16.0. The minimum absolute atomic E-state index is 0.137. The molecule has 8 nitrogen and oxygen atoms in total. The third-order valence-corrected chi connectivity index (χ3v) is 4.64. The zero-order chi connectivity index (χ0) is 19.0. The summed E-state index contributed by atoms with van der Waals surface area (Å²) in [4.78, 5) is 11.7. The van der Waals surface area contributed by atoms with Gasteiger partial charge in [0.1, 0.15) is 11.6 Å². The van der Waals surface area contributed by atoms with Gasteiger partial charge in [0.15, 0.2) is 5.65 Å². The summed E-state index contributed by atoms with van der Waals surface area (Å²) in [6.45, 7) is 5.66. The average molecular weight is 368 g/mol. The smallest absolute Gasteiger partial charge is 0.229 e. The first kappa shape index (κ1) is 17.5. The summed E-state index contributed by atoms with van der Waals surface area (Å²) in [6.07, 6.45) is 2.06. The number of ether oxygens (including phenoxy) is 2. The van der Waals surface area contributed by atoms with Gasteiger partial charge in [-0.2, -0.15) is 15.1 Å². The van der Waals surface area contributed by atoms with Crippen molar-refractivity contribution in [1.82, 2.24) is 19.7 Å². The number of morpholine rings is 1. The molecule has 142 valence electrons. The molecule has 0 aliphatic carbocycles. The van der Waals surface area contributed by atoms with Gasteiger partial charge >= 0.3 is 0 Å². The Hall–Kier alpha value is -2.87. The molecule has 4 rings (SSSR count). The Kier molecular flexibility index (Phi) is 4.57. The van der Waals surface area contributed by atoms with Crippen LogP contribution in [0.1, 0.15) is 13.8 Å². The van der Waals surface area contributed by atoms with E-state index >= 15 is 0 Å². The maximum absolute atomic E-state index is 5.84. The van der Waals surface area contributed by atoms with Crippen molar-refractivity contribution in [2.24, 2.45) is 7.05 Å². The van der Waals surface area contributed by atoms with E-state index in [9.17, 15) is 0 Å². The van der Waals surface area contributed by atoms with Gasteiger partial charge < -0.3 is 19.7 Å². The van der Waals surface area contributed by atoms with Crippen molar-refractivity contribution in [3.8, 4) is 5.75 Å². The Labute approximate surface area is 158 Å². The highest BCUT2D eigenvalue weighted by atomic mass is 16.5. The number of fused-ring (bicyclic) bond motifs is 1. The molecule has 3 aromatic rings. The Bertz CT molecular complexity index is 929. The van der Waals surface area contributed by atoms with E-state index in [2.05, 4.69) is 29.2 Å². The number of benzene rings is 1. The summed E-state index contributed by atoms with van der Waals surface area (Å²) in [5.74, 6) is 2.23. The third-order valence-electron chi connectivity index (χ3n) is 4.64. The molecule has 1 fully saturated rings. The van der Waals surface area contributed by atoms with Gasteiger partial charge in [-0.1, -0.05) is 0 Å².